The minimum atomic E-state index is -0.540. The van der Waals surface area contributed by atoms with Crippen molar-refractivity contribution >= 4 is 17.4 Å². The number of rotatable bonds is 3. The summed E-state index contributed by atoms with van der Waals surface area (Å²) in [5, 5.41) is 9.52. The minimum absolute atomic E-state index is 0.0743. The summed E-state index contributed by atoms with van der Waals surface area (Å²) < 4.78 is 9.75. The fourth-order valence-corrected chi connectivity index (χ4v) is 1.66. The van der Waals surface area contributed by atoms with Crippen LogP contribution in [0.3, 0.4) is 0 Å². The predicted molar refractivity (Wildman–Crippen MR) is 66.4 cm³/mol. The highest BCUT2D eigenvalue weighted by Gasteiger charge is 2.26. The highest BCUT2D eigenvalue weighted by atomic mass is 16.5. The first kappa shape index (κ1) is 12.2. The number of hydrogen-bond acceptors (Lipinski definition) is 5. The number of aliphatic imine (C=N–C) groups is 1. The summed E-state index contributed by atoms with van der Waals surface area (Å²) in [4.78, 5) is 15.6. The number of aliphatic hydroxyl groups excluding tert-OH is 1. The molecule has 1 aliphatic heterocycles. The third kappa shape index (κ3) is 2.34. The Labute approximate surface area is 104 Å². The van der Waals surface area contributed by atoms with Crippen molar-refractivity contribution in [3.8, 4) is 5.75 Å². The summed E-state index contributed by atoms with van der Waals surface area (Å²) in [5.74, 6) is 0.117. The van der Waals surface area contributed by atoms with Crippen LogP contribution in [0.2, 0.25) is 0 Å². The van der Waals surface area contributed by atoms with Crippen LogP contribution in [0.4, 0.5) is 5.69 Å². The number of esters is 1. The van der Waals surface area contributed by atoms with Crippen molar-refractivity contribution in [2.45, 2.75) is 6.92 Å². The molecule has 1 aromatic carbocycles. The molecule has 1 aromatic rings. The Hall–Kier alpha value is -2.30. The molecule has 0 unspecified atom stereocenters. The molecule has 0 aliphatic carbocycles. The number of aliphatic hydroxyl groups is 1. The lowest BCUT2D eigenvalue weighted by Gasteiger charge is -2.02. The normalized spacial score (nSPS) is 15.9. The van der Waals surface area contributed by atoms with E-state index in [0.29, 0.717) is 11.4 Å². The van der Waals surface area contributed by atoms with E-state index in [1.54, 1.807) is 38.3 Å². The van der Waals surface area contributed by atoms with E-state index >= 15 is 0 Å². The summed E-state index contributed by atoms with van der Waals surface area (Å²) in [6.45, 7) is 1.58. The number of cyclic esters (lactones) is 1. The average molecular weight is 247 g/mol. The maximum Gasteiger partial charge on any atom is 0.344 e. The molecule has 18 heavy (non-hydrogen) atoms. The van der Waals surface area contributed by atoms with Crippen molar-refractivity contribution < 1.29 is 19.4 Å². The first-order chi connectivity index (χ1) is 8.61. The van der Waals surface area contributed by atoms with E-state index in [4.69, 9.17) is 9.47 Å². The molecule has 1 aliphatic rings. The van der Waals surface area contributed by atoms with E-state index < -0.39 is 5.97 Å². The van der Waals surface area contributed by atoms with E-state index in [1.807, 2.05) is 0 Å². The van der Waals surface area contributed by atoms with Crippen molar-refractivity contribution in [3.05, 3.63) is 35.6 Å². The van der Waals surface area contributed by atoms with E-state index in [1.165, 1.54) is 0 Å². The molecule has 94 valence electrons. The van der Waals surface area contributed by atoms with Gasteiger partial charge >= 0.3 is 5.97 Å². The molecule has 0 spiro atoms. The van der Waals surface area contributed by atoms with E-state index in [2.05, 4.69) is 4.99 Å². The molecule has 0 saturated carbocycles. The van der Waals surface area contributed by atoms with E-state index in [0.717, 1.165) is 5.75 Å². The van der Waals surface area contributed by atoms with Gasteiger partial charge in [-0.15, -0.1) is 0 Å². The van der Waals surface area contributed by atoms with Crippen molar-refractivity contribution in [2.24, 2.45) is 4.99 Å². The molecular formula is C13H13NO4. The lowest BCUT2D eigenvalue weighted by Crippen LogP contribution is -2.07. The molecular weight excluding hydrogens is 234 g/mol. The van der Waals surface area contributed by atoms with Gasteiger partial charge in [0.05, 0.1) is 18.5 Å². The molecule has 0 radical (unpaired) electrons. The van der Waals surface area contributed by atoms with Crippen LogP contribution in [0.25, 0.3) is 0 Å². The van der Waals surface area contributed by atoms with Crippen LogP contribution < -0.4 is 4.74 Å². The molecule has 0 saturated heterocycles. The van der Waals surface area contributed by atoms with Gasteiger partial charge in [0, 0.05) is 0 Å². The van der Waals surface area contributed by atoms with Crippen molar-refractivity contribution in [1.29, 1.82) is 0 Å². The molecule has 1 N–H and O–H groups in total. The van der Waals surface area contributed by atoms with Crippen molar-refractivity contribution in [2.75, 3.05) is 13.7 Å². The topological polar surface area (TPSA) is 68.1 Å². The van der Waals surface area contributed by atoms with Crippen molar-refractivity contribution in [1.82, 2.24) is 0 Å². The monoisotopic (exact) mass is 247 g/mol. The highest BCUT2D eigenvalue weighted by Crippen LogP contribution is 2.21. The molecule has 5 heteroatoms. The van der Waals surface area contributed by atoms with Crippen LogP contribution in [-0.4, -0.2) is 30.5 Å². The maximum atomic E-state index is 11.4. The lowest BCUT2D eigenvalue weighted by atomic mass is 10.1. The molecule has 0 amide bonds. The Balaban J connectivity index is 2.27. The zero-order valence-corrected chi connectivity index (χ0v) is 10.1. The molecule has 0 atom stereocenters. The number of carbonyl (C=O) groups is 1. The molecule has 0 bridgehead atoms. The lowest BCUT2D eigenvalue weighted by molar-refractivity contribution is -0.135. The SMILES string of the molecule is COc1ccc(N=C(C)C2=C(O)COC2=O)cc1. The van der Waals surface area contributed by atoms with Crippen LogP contribution in [0.1, 0.15) is 6.92 Å². The highest BCUT2D eigenvalue weighted by molar-refractivity contribution is 6.20. The van der Waals surface area contributed by atoms with Crippen LogP contribution in [0.15, 0.2) is 40.6 Å². The Morgan fingerprint density at radius 3 is 2.56 bits per heavy atom. The molecule has 2 rings (SSSR count). The van der Waals surface area contributed by atoms with Gasteiger partial charge < -0.3 is 14.6 Å². The van der Waals surface area contributed by atoms with Crippen molar-refractivity contribution in [3.63, 3.8) is 0 Å². The number of benzene rings is 1. The largest absolute Gasteiger partial charge is 0.508 e. The number of hydrogen-bond donors (Lipinski definition) is 1. The average Bonchev–Trinajstić information content (AvgIpc) is 2.70. The van der Waals surface area contributed by atoms with Crippen LogP contribution in [0.5, 0.6) is 5.75 Å². The number of carbonyl (C=O) groups excluding carboxylic acids is 1. The van der Waals surface area contributed by atoms with Crippen LogP contribution >= 0.6 is 0 Å². The molecule has 0 fully saturated rings. The second kappa shape index (κ2) is 4.91. The Morgan fingerprint density at radius 1 is 1.39 bits per heavy atom. The minimum Gasteiger partial charge on any atom is -0.508 e. The molecule has 1 heterocycles. The zero-order chi connectivity index (χ0) is 13.1. The summed E-state index contributed by atoms with van der Waals surface area (Å²) in [6.07, 6.45) is 0. The first-order valence-electron chi connectivity index (χ1n) is 5.41. The van der Waals surface area contributed by atoms with Gasteiger partial charge in [0.2, 0.25) is 0 Å². The maximum absolute atomic E-state index is 11.4. The van der Waals surface area contributed by atoms with Crippen LogP contribution in [0, 0.1) is 0 Å². The molecule has 5 nitrogen and oxygen atoms in total. The van der Waals surface area contributed by atoms with Gasteiger partial charge in [0.1, 0.15) is 23.7 Å². The quantitative estimate of drug-likeness (QED) is 0.656. The summed E-state index contributed by atoms with van der Waals surface area (Å²) in [5.41, 5.74) is 1.25. The predicted octanol–water partition coefficient (Wildman–Crippen LogP) is 2.16. The summed E-state index contributed by atoms with van der Waals surface area (Å²) in [7, 11) is 1.58. The van der Waals surface area contributed by atoms with Gasteiger partial charge in [0.15, 0.2) is 0 Å². The third-order valence-electron chi connectivity index (χ3n) is 2.56. The Bertz CT molecular complexity index is 528. The van der Waals surface area contributed by atoms with E-state index in [9.17, 15) is 9.90 Å². The van der Waals surface area contributed by atoms with Gasteiger partial charge in [0.25, 0.3) is 0 Å². The fraction of sp³-hybridized carbons (Fsp3) is 0.231. The van der Waals surface area contributed by atoms with Gasteiger partial charge in [-0.25, -0.2) is 4.79 Å². The molecule has 0 aromatic heterocycles. The van der Waals surface area contributed by atoms with Gasteiger partial charge in [-0.2, -0.15) is 0 Å². The van der Waals surface area contributed by atoms with Gasteiger partial charge in [-0.05, 0) is 31.2 Å². The second-order valence-corrected chi connectivity index (χ2v) is 3.79. The Kier molecular flexibility index (Phi) is 3.32. The zero-order valence-electron chi connectivity index (χ0n) is 10.1. The Morgan fingerprint density at radius 2 is 2.06 bits per heavy atom. The fourth-order valence-electron chi connectivity index (χ4n) is 1.66. The third-order valence-corrected chi connectivity index (χ3v) is 2.56. The smallest absolute Gasteiger partial charge is 0.344 e. The number of ether oxygens (including phenoxy) is 2. The number of nitrogens with zero attached hydrogens (tertiary/aromatic N) is 1. The first-order valence-corrected chi connectivity index (χ1v) is 5.41. The van der Waals surface area contributed by atoms with Gasteiger partial charge in [-0.3, -0.25) is 4.99 Å². The standard InChI is InChI=1S/C13H13NO4/c1-8(12-11(15)7-18-13(12)16)14-9-3-5-10(17-2)6-4-9/h3-6,15H,7H2,1-2H3. The summed E-state index contributed by atoms with van der Waals surface area (Å²) >= 11 is 0. The van der Waals surface area contributed by atoms with E-state index in [-0.39, 0.29) is 17.9 Å². The summed E-state index contributed by atoms with van der Waals surface area (Å²) in [6, 6.07) is 7.07. The van der Waals surface area contributed by atoms with Crippen LogP contribution in [-0.2, 0) is 9.53 Å². The second-order valence-electron chi connectivity index (χ2n) is 3.79. The number of methoxy groups -OCH3 is 1. The van der Waals surface area contributed by atoms with Gasteiger partial charge in [-0.1, -0.05) is 0 Å².